The second-order valence-electron chi connectivity index (χ2n) is 5.83. The van der Waals surface area contributed by atoms with E-state index in [4.69, 9.17) is 5.11 Å². The van der Waals surface area contributed by atoms with Crippen LogP contribution in [0, 0.1) is 0 Å². The first-order valence-electron chi connectivity index (χ1n) is 8.34. The van der Waals surface area contributed by atoms with Gasteiger partial charge in [0, 0.05) is 29.8 Å². The quantitative estimate of drug-likeness (QED) is 0.640. The summed E-state index contributed by atoms with van der Waals surface area (Å²) in [6, 6.07) is 17.0. The van der Waals surface area contributed by atoms with E-state index in [9.17, 15) is 4.79 Å². The summed E-state index contributed by atoms with van der Waals surface area (Å²) < 4.78 is 0. The lowest BCUT2D eigenvalue weighted by Gasteiger charge is -2.19. The van der Waals surface area contributed by atoms with E-state index in [0.717, 1.165) is 22.0 Å². The molecule has 0 saturated carbocycles. The Kier molecular flexibility index (Phi) is 5.59. The highest BCUT2D eigenvalue weighted by Gasteiger charge is 2.14. The molecule has 1 atom stereocenters. The van der Waals surface area contributed by atoms with E-state index >= 15 is 0 Å². The number of aliphatic hydroxyl groups excluding tert-OH is 1. The summed E-state index contributed by atoms with van der Waals surface area (Å²) in [4.78, 5) is 16.6. The molecule has 5 heteroatoms. The molecule has 5 nitrogen and oxygen atoms in total. The molecule has 3 N–H and O–H groups in total. The van der Waals surface area contributed by atoms with Crippen molar-refractivity contribution in [2.24, 2.45) is 0 Å². The van der Waals surface area contributed by atoms with Crippen molar-refractivity contribution >= 4 is 22.5 Å². The zero-order valence-electron chi connectivity index (χ0n) is 13.9. The third-order valence-electron chi connectivity index (χ3n) is 4.09. The minimum atomic E-state index is -0.267. The summed E-state index contributed by atoms with van der Waals surface area (Å²) in [6.45, 7) is 0.100. The van der Waals surface area contributed by atoms with Crippen molar-refractivity contribution in [3.05, 3.63) is 72.6 Å². The molecular weight excluding hydrogens is 314 g/mol. The smallest absolute Gasteiger partial charge is 0.319 e. The molecule has 0 bridgehead atoms. The molecule has 0 spiro atoms. The second kappa shape index (κ2) is 8.26. The van der Waals surface area contributed by atoms with Crippen LogP contribution in [0.25, 0.3) is 10.8 Å². The van der Waals surface area contributed by atoms with Gasteiger partial charge in [-0.25, -0.2) is 4.79 Å². The second-order valence-corrected chi connectivity index (χ2v) is 5.83. The van der Waals surface area contributed by atoms with Gasteiger partial charge in [0.15, 0.2) is 0 Å². The lowest BCUT2D eigenvalue weighted by molar-refractivity contribution is 0.244. The van der Waals surface area contributed by atoms with E-state index in [0.29, 0.717) is 12.8 Å². The number of aliphatic hydroxyl groups is 1. The van der Waals surface area contributed by atoms with Crippen LogP contribution in [-0.2, 0) is 0 Å². The SMILES string of the molecule is O=C(Nc1cccc2cnccc12)N[C@H](CCCO)c1ccccc1. The summed E-state index contributed by atoms with van der Waals surface area (Å²) in [7, 11) is 0. The fourth-order valence-electron chi connectivity index (χ4n) is 2.85. The van der Waals surface area contributed by atoms with Crippen LogP contribution in [0.1, 0.15) is 24.4 Å². The van der Waals surface area contributed by atoms with Gasteiger partial charge in [0.2, 0.25) is 0 Å². The zero-order valence-corrected chi connectivity index (χ0v) is 13.9. The number of carbonyl (C=O) groups is 1. The third kappa shape index (κ3) is 4.33. The van der Waals surface area contributed by atoms with Crippen LogP contribution in [0.2, 0.25) is 0 Å². The fourth-order valence-corrected chi connectivity index (χ4v) is 2.85. The van der Waals surface area contributed by atoms with Gasteiger partial charge in [0.1, 0.15) is 0 Å². The molecule has 0 saturated heterocycles. The van der Waals surface area contributed by atoms with Crippen molar-refractivity contribution in [1.29, 1.82) is 0 Å². The first-order valence-corrected chi connectivity index (χ1v) is 8.34. The number of hydrogen-bond donors (Lipinski definition) is 3. The lowest BCUT2D eigenvalue weighted by atomic mass is 10.0. The maximum Gasteiger partial charge on any atom is 0.319 e. The Morgan fingerprint density at radius 2 is 1.92 bits per heavy atom. The molecule has 1 aromatic heterocycles. The van der Waals surface area contributed by atoms with Gasteiger partial charge in [-0.3, -0.25) is 4.98 Å². The molecule has 1 heterocycles. The Labute approximate surface area is 146 Å². The molecule has 128 valence electrons. The predicted octanol–water partition coefficient (Wildman–Crippen LogP) is 3.87. The number of rotatable bonds is 6. The molecule has 2 amide bonds. The molecule has 0 radical (unpaired) electrons. The maximum absolute atomic E-state index is 12.5. The first-order chi connectivity index (χ1) is 12.3. The Hall–Kier alpha value is -2.92. The number of nitrogens with zero attached hydrogens (tertiary/aromatic N) is 1. The zero-order chi connectivity index (χ0) is 17.5. The van der Waals surface area contributed by atoms with Gasteiger partial charge in [-0.1, -0.05) is 42.5 Å². The predicted molar refractivity (Wildman–Crippen MR) is 99.4 cm³/mol. The summed E-state index contributed by atoms with van der Waals surface area (Å²) in [5, 5.41) is 17.0. The van der Waals surface area contributed by atoms with Crippen molar-refractivity contribution in [3.8, 4) is 0 Å². The van der Waals surface area contributed by atoms with Gasteiger partial charge in [0.05, 0.1) is 11.7 Å². The van der Waals surface area contributed by atoms with Crippen LogP contribution in [0.4, 0.5) is 10.5 Å². The number of anilines is 1. The number of carbonyl (C=O) groups excluding carboxylic acids is 1. The van der Waals surface area contributed by atoms with Crippen molar-refractivity contribution in [3.63, 3.8) is 0 Å². The van der Waals surface area contributed by atoms with Gasteiger partial charge in [0.25, 0.3) is 0 Å². The molecular formula is C20H21N3O2. The number of fused-ring (bicyclic) bond motifs is 1. The number of nitrogens with one attached hydrogen (secondary N) is 2. The van der Waals surface area contributed by atoms with Crippen molar-refractivity contribution in [2.75, 3.05) is 11.9 Å². The largest absolute Gasteiger partial charge is 0.396 e. The maximum atomic E-state index is 12.5. The minimum absolute atomic E-state index is 0.100. The van der Waals surface area contributed by atoms with Crippen LogP contribution >= 0.6 is 0 Å². The average molecular weight is 335 g/mol. The summed E-state index contributed by atoms with van der Waals surface area (Å²) in [6.07, 6.45) is 4.78. The summed E-state index contributed by atoms with van der Waals surface area (Å²) in [5.74, 6) is 0. The number of amides is 2. The molecule has 0 unspecified atom stereocenters. The highest BCUT2D eigenvalue weighted by Crippen LogP contribution is 2.23. The number of pyridine rings is 1. The molecule has 0 aliphatic carbocycles. The number of hydrogen-bond acceptors (Lipinski definition) is 3. The number of benzene rings is 2. The van der Waals surface area contributed by atoms with Crippen molar-refractivity contribution in [2.45, 2.75) is 18.9 Å². The standard InChI is InChI=1S/C20H21N3O2/c24-13-5-10-18(15-6-2-1-3-7-15)22-20(25)23-19-9-4-8-16-14-21-12-11-17(16)19/h1-4,6-9,11-12,14,18,24H,5,10,13H2,(H2,22,23,25)/t18-/m1/s1. The van der Waals surface area contributed by atoms with E-state index in [1.165, 1.54) is 0 Å². The highest BCUT2D eigenvalue weighted by atomic mass is 16.3. The Bertz CT molecular complexity index is 831. The van der Waals surface area contributed by atoms with Crippen LogP contribution < -0.4 is 10.6 Å². The molecule has 3 rings (SSSR count). The fraction of sp³-hybridized carbons (Fsp3) is 0.200. The van der Waals surface area contributed by atoms with E-state index in [-0.39, 0.29) is 18.7 Å². The molecule has 0 aliphatic rings. The average Bonchev–Trinajstić information content (AvgIpc) is 2.66. The summed E-state index contributed by atoms with van der Waals surface area (Å²) in [5.41, 5.74) is 1.76. The van der Waals surface area contributed by atoms with E-state index < -0.39 is 0 Å². The Balaban J connectivity index is 1.75. The van der Waals surface area contributed by atoms with Gasteiger partial charge < -0.3 is 15.7 Å². The number of aromatic nitrogens is 1. The molecule has 0 aliphatic heterocycles. The minimum Gasteiger partial charge on any atom is -0.396 e. The van der Waals surface area contributed by atoms with Crippen LogP contribution in [-0.4, -0.2) is 22.7 Å². The Morgan fingerprint density at radius 3 is 2.72 bits per heavy atom. The van der Waals surface area contributed by atoms with E-state index in [1.807, 2.05) is 54.6 Å². The van der Waals surface area contributed by atoms with Crippen molar-refractivity contribution in [1.82, 2.24) is 10.3 Å². The lowest BCUT2D eigenvalue weighted by Crippen LogP contribution is -2.32. The Morgan fingerprint density at radius 1 is 1.08 bits per heavy atom. The van der Waals surface area contributed by atoms with Gasteiger partial charge in [-0.05, 0) is 30.5 Å². The molecule has 0 fully saturated rings. The number of urea groups is 1. The normalized spacial score (nSPS) is 11.9. The monoisotopic (exact) mass is 335 g/mol. The van der Waals surface area contributed by atoms with Gasteiger partial charge >= 0.3 is 6.03 Å². The highest BCUT2D eigenvalue weighted by molar-refractivity contribution is 6.01. The topological polar surface area (TPSA) is 74.2 Å². The molecule has 3 aromatic rings. The van der Waals surface area contributed by atoms with Crippen LogP contribution in [0.15, 0.2) is 67.0 Å². The van der Waals surface area contributed by atoms with Gasteiger partial charge in [-0.2, -0.15) is 0 Å². The van der Waals surface area contributed by atoms with E-state index in [1.54, 1.807) is 12.4 Å². The first kappa shape index (κ1) is 16.9. The van der Waals surface area contributed by atoms with Gasteiger partial charge in [-0.15, -0.1) is 0 Å². The summed E-state index contributed by atoms with van der Waals surface area (Å²) >= 11 is 0. The third-order valence-corrected chi connectivity index (χ3v) is 4.09. The molecule has 2 aromatic carbocycles. The molecule has 25 heavy (non-hydrogen) atoms. The van der Waals surface area contributed by atoms with Crippen LogP contribution in [0.3, 0.4) is 0 Å². The van der Waals surface area contributed by atoms with Crippen LogP contribution in [0.5, 0.6) is 0 Å². The van der Waals surface area contributed by atoms with Crippen molar-refractivity contribution < 1.29 is 9.90 Å². The van der Waals surface area contributed by atoms with E-state index in [2.05, 4.69) is 15.6 Å².